The van der Waals surface area contributed by atoms with Crippen molar-refractivity contribution in [3.8, 4) is 11.1 Å². The van der Waals surface area contributed by atoms with Gasteiger partial charge in [-0.2, -0.15) is 0 Å². The second-order valence-electron chi connectivity index (χ2n) is 8.36. The van der Waals surface area contributed by atoms with E-state index < -0.39 is 5.60 Å². The van der Waals surface area contributed by atoms with Crippen molar-refractivity contribution in [3.05, 3.63) is 143 Å². The summed E-state index contributed by atoms with van der Waals surface area (Å²) in [6.07, 6.45) is 0. The average molecular weight is 430 g/mol. The fraction of sp³-hybridized carbons (Fsp3) is 0.0333. The highest BCUT2D eigenvalue weighted by atomic mass is 19.1. The van der Waals surface area contributed by atoms with Crippen LogP contribution in [0.2, 0.25) is 0 Å². The van der Waals surface area contributed by atoms with Crippen molar-refractivity contribution in [1.29, 1.82) is 0 Å². The standard InChI is InChI=1S/C30H19FO2/c31-22-15-16-23-20(17-22)18-25(29(32)19-9-3-1-4-10-19)27-24-13-7-8-14-26(24)30(33,28(23)27)21-11-5-2-6-12-21/h1-18,33H. The fourth-order valence-electron chi connectivity index (χ4n) is 5.09. The maximum absolute atomic E-state index is 14.3. The van der Waals surface area contributed by atoms with Crippen molar-refractivity contribution in [2.45, 2.75) is 5.60 Å². The van der Waals surface area contributed by atoms with Gasteiger partial charge in [0.05, 0.1) is 0 Å². The van der Waals surface area contributed by atoms with Crippen LogP contribution in [0, 0.1) is 5.82 Å². The highest BCUT2D eigenvalue weighted by Gasteiger charge is 2.46. The van der Waals surface area contributed by atoms with Gasteiger partial charge in [0.1, 0.15) is 11.4 Å². The van der Waals surface area contributed by atoms with E-state index >= 15 is 0 Å². The SMILES string of the molecule is O=C(c1ccccc1)c1cc2cc(F)ccc2c2c1-c1ccccc1C2(O)c1ccccc1. The van der Waals surface area contributed by atoms with Crippen LogP contribution < -0.4 is 0 Å². The van der Waals surface area contributed by atoms with Crippen molar-refractivity contribution in [1.82, 2.24) is 0 Å². The Balaban J connectivity index is 1.78. The van der Waals surface area contributed by atoms with Crippen molar-refractivity contribution in [2.24, 2.45) is 0 Å². The van der Waals surface area contributed by atoms with Gasteiger partial charge in [0.25, 0.3) is 0 Å². The third-order valence-corrected chi connectivity index (χ3v) is 6.52. The Kier molecular flexibility index (Phi) is 4.29. The van der Waals surface area contributed by atoms with Crippen LogP contribution in [0.3, 0.4) is 0 Å². The van der Waals surface area contributed by atoms with E-state index in [1.54, 1.807) is 24.3 Å². The molecule has 3 heteroatoms. The van der Waals surface area contributed by atoms with Crippen molar-refractivity contribution in [3.63, 3.8) is 0 Å². The Hall–Kier alpha value is -4.08. The number of hydrogen-bond donors (Lipinski definition) is 1. The summed E-state index contributed by atoms with van der Waals surface area (Å²) in [5, 5.41) is 13.7. The maximum Gasteiger partial charge on any atom is 0.193 e. The predicted molar refractivity (Wildman–Crippen MR) is 128 cm³/mol. The fourth-order valence-corrected chi connectivity index (χ4v) is 5.09. The molecule has 33 heavy (non-hydrogen) atoms. The lowest BCUT2D eigenvalue weighted by Gasteiger charge is -2.28. The highest BCUT2D eigenvalue weighted by Crippen LogP contribution is 2.54. The Bertz CT molecular complexity index is 1540. The number of ketones is 1. The Morgan fingerprint density at radius 1 is 0.758 bits per heavy atom. The van der Waals surface area contributed by atoms with Gasteiger partial charge in [0, 0.05) is 27.8 Å². The van der Waals surface area contributed by atoms with Gasteiger partial charge in [-0.05, 0) is 40.1 Å². The summed E-state index contributed by atoms with van der Waals surface area (Å²) < 4.78 is 14.3. The van der Waals surface area contributed by atoms with Gasteiger partial charge in [-0.15, -0.1) is 0 Å². The molecule has 158 valence electrons. The lowest BCUT2D eigenvalue weighted by Crippen LogP contribution is -2.26. The van der Waals surface area contributed by atoms with Crippen molar-refractivity contribution in [2.75, 3.05) is 0 Å². The van der Waals surface area contributed by atoms with Crippen LogP contribution >= 0.6 is 0 Å². The first kappa shape index (κ1) is 19.6. The number of hydrogen-bond acceptors (Lipinski definition) is 2. The van der Waals surface area contributed by atoms with Gasteiger partial charge >= 0.3 is 0 Å². The predicted octanol–water partition coefficient (Wildman–Crippen LogP) is 6.47. The van der Waals surface area contributed by atoms with Crippen LogP contribution in [0.1, 0.15) is 32.6 Å². The van der Waals surface area contributed by atoms with E-state index in [2.05, 4.69) is 0 Å². The smallest absolute Gasteiger partial charge is 0.193 e. The number of carbonyl (C=O) groups excluding carboxylic acids is 1. The minimum atomic E-state index is -1.48. The van der Waals surface area contributed by atoms with E-state index in [1.165, 1.54) is 12.1 Å². The molecule has 0 radical (unpaired) electrons. The van der Waals surface area contributed by atoms with Crippen molar-refractivity contribution >= 4 is 16.6 Å². The molecule has 0 saturated carbocycles. The monoisotopic (exact) mass is 430 g/mol. The number of aliphatic hydroxyl groups is 1. The normalized spacial score (nSPS) is 16.4. The molecule has 0 aliphatic heterocycles. The largest absolute Gasteiger partial charge is 0.376 e. The van der Waals surface area contributed by atoms with E-state index in [1.807, 2.05) is 72.8 Å². The Morgan fingerprint density at radius 3 is 2.18 bits per heavy atom. The molecule has 0 aromatic heterocycles. The number of rotatable bonds is 3. The first-order chi connectivity index (χ1) is 16.1. The van der Waals surface area contributed by atoms with E-state index in [-0.39, 0.29) is 11.6 Å². The van der Waals surface area contributed by atoms with Gasteiger partial charge in [-0.3, -0.25) is 4.79 Å². The van der Waals surface area contributed by atoms with Gasteiger partial charge in [0.15, 0.2) is 5.78 Å². The zero-order valence-corrected chi connectivity index (χ0v) is 17.6. The molecular formula is C30H19FO2. The number of halogens is 1. The van der Waals surface area contributed by atoms with E-state index in [4.69, 9.17) is 0 Å². The Morgan fingerprint density at radius 2 is 1.42 bits per heavy atom. The second-order valence-corrected chi connectivity index (χ2v) is 8.36. The minimum absolute atomic E-state index is 0.162. The maximum atomic E-state index is 14.3. The summed E-state index contributed by atoms with van der Waals surface area (Å²) in [7, 11) is 0. The molecule has 5 aromatic carbocycles. The molecule has 5 aromatic rings. The third kappa shape index (κ3) is 2.80. The van der Waals surface area contributed by atoms with Crippen molar-refractivity contribution < 1.29 is 14.3 Å². The van der Waals surface area contributed by atoms with Crippen LogP contribution in [0.5, 0.6) is 0 Å². The molecule has 0 saturated heterocycles. The second kappa shape index (κ2) is 7.22. The summed E-state index contributed by atoms with van der Waals surface area (Å²) in [4.78, 5) is 13.7. The number of fused-ring (bicyclic) bond motifs is 5. The van der Waals surface area contributed by atoms with E-state index in [9.17, 15) is 14.3 Å². The van der Waals surface area contributed by atoms with Gasteiger partial charge in [-0.25, -0.2) is 4.39 Å². The molecule has 0 amide bonds. The summed E-state index contributed by atoms with van der Waals surface area (Å²) in [5.41, 5.74) is 3.06. The molecule has 0 spiro atoms. The average Bonchev–Trinajstić information content (AvgIpc) is 3.14. The molecule has 1 N–H and O–H groups in total. The minimum Gasteiger partial charge on any atom is -0.376 e. The molecule has 0 heterocycles. The van der Waals surface area contributed by atoms with Crippen LogP contribution in [0.25, 0.3) is 21.9 Å². The zero-order chi connectivity index (χ0) is 22.6. The van der Waals surface area contributed by atoms with Gasteiger partial charge in [0.2, 0.25) is 0 Å². The molecule has 6 rings (SSSR count). The molecular weight excluding hydrogens is 411 g/mol. The zero-order valence-electron chi connectivity index (χ0n) is 17.6. The molecule has 1 aliphatic rings. The highest BCUT2D eigenvalue weighted by molar-refractivity contribution is 6.17. The summed E-state index contributed by atoms with van der Waals surface area (Å²) in [6, 6.07) is 32.4. The molecule has 0 fully saturated rings. The van der Waals surface area contributed by atoms with Crippen LogP contribution in [-0.2, 0) is 5.60 Å². The van der Waals surface area contributed by atoms with Gasteiger partial charge < -0.3 is 5.11 Å². The third-order valence-electron chi connectivity index (χ3n) is 6.52. The first-order valence-electron chi connectivity index (χ1n) is 10.8. The van der Waals surface area contributed by atoms with Gasteiger partial charge in [-0.1, -0.05) is 91.0 Å². The Labute approximate surface area is 190 Å². The lowest BCUT2D eigenvalue weighted by molar-refractivity contribution is 0.103. The summed E-state index contributed by atoms with van der Waals surface area (Å²) in [6.45, 7) is 0. The summed E-state index contributed by atoms with van der Waals surface area (Å²) >= 11 is 0. The number of benzene rings is 5. The number of carbonyl (C=O) groups is 1. The molecule has 1 atom stereocenters. The molecule has 1 aliphatic carbocycles. The lowest BCUT2D eigenvalue weighted by atomic mass is 9.81. The van der Waals surface area contributed by atoms with E-state index in [0.717, 1.165) is 10.9 Å². The molecule has 1 unspecified atom stereocenters. The first-order valence-corrected chi connectivity index (χ1v) is 10.8. The summed E-state index contributed by atoms with van der Waals surface area (Å²) in [5.74, 6) is -0.551. The van der Waals surface area contributed by atoms with Crippen LogP contribution in [0.4, 0.5) is 4.39 Å². The molecule has 0 bridgehead atoms. The topological polar surface area (TPSA) is 37.3 Å². The van der Waals surface area contributed by atoms with Crippen LogP contribution in [0.15, 0.2) is 109 Å². The van der Waals surface area contributed by atoms with Crippen LogP contribution in [-0.4, -0.2) is 10.9 Å². The quantitative estimate of drug-likeness (QED) is 0.333. The van der Waals surface area contributed by atoms with E-state index in [0.29, 0.717) is 38.8 Å². The molecule has 2 nitrogen and oxygen atoms in total.